The molecule has 0 aromatic heterocycles. The van der Waals surface area contributed by atoms with Gasteiger partial charge in [-0.2, -0.15) is 0 Å². The van der Waals surface area contributed by atoms with E-state index in [-0.39, 0.29) is 17.6 Å². The third kappa shape index (κ3) is 6.47. The Bertz CT molecular complexity index is 1080. The lowest BCUT2D eigenvalue weighted by Crippen LogP contribution is -2.45. The second-order valence-corrected chi connectivity index (χ2v) is 11.4. The Balaban J connectivity index is 1.56. The van der Waals surface area contributed by atoms with Crippen LogP contribution < -0.4 is 4.74 Å². The van der Waals surface area contributed by atoms with E-state index in [9.17, 15) is 0 Å². The van der Waals surface area contributed by atoms with Gasteiger partial charge in [0.25, 0.3) is 0 Å². The molecule has 0 radical (unpaired) electrons. The second-order valence-electron chi connectivity index (χ2n) is 11.4. The Morgan fingerprint density at radius 3 is 1.92 bits per heavy atom. The van der Waals surface area contributed by atoms with Crippen LogP contribution in [-0.4, -0.2) is 38.3 Å². The monoisotopic (exact) mass is 518 g/mol. The number of benzene rings is 3. The number of hydrogen-bond donors (Lipinski definition) is 0. The molecule has 1 aliphatic heterocycles. The van der Waals surface area contributed by atoms with Crippen LogP contribution in [0.1, 0.15) is 57.7 Å². The summed E-state index contributed by atoms with van der Waals surface area (Å²) in [5, 5.41) is 0. The largest absolute Gasteiger partial charge is 0.497 e. The fourth-order valence-electron chi connectivity index (χ4n) is 5.29. The molecule has 0 saturated carbocycles. The summed E-state index contributed by atoms with van der Waals surface area (Å²) in [7, 11) is 1.67. The average molecular weight is 519 g/mol. The maximum atomic E-state index is 7.00. The predicted molar refractivity (Wildman–Crippen MR) is 150 cm³/mol. The molecule has 1 aliphatic rings. The predicted octanol–water partition coefficient (Wildman–Crippen LogP) is 7.13. The summed E-state index contributed by atoms with van der Waals surface area (Å²) in [5.41, 5.74) is 2.49. The van der Waals surface area contributed by atoms with Gasteiger partial charge in [0.15, 0.2) is 5.79 Å². The third-order valence-corrected chi connectivity index (χ3v) is 7.21. The van der Waals surface area contributed by atoms with Gasteiger partial charge >= 0.3 is 0 Å². The molecular formula is C33H42O5. The van der Waals surface area contributed by atoms with Crippen LogP contribution in [0.5, 0.6) is 5.75 Å². The molecule has 3 aromatic rings. The van der Waals surface area contributed by atoms with Gasteiger partial charge in [-0.3, -0.25) is 0 Å². The van der Waals surface area contributed by atoms with Crippen LogP contribution in [0.15, 0.2) is 84.9 Å². The Morgan fingerprint density at radius 2 is 1.45 bits per heavy atom. The fourth-order valence-corrected chi connectivity index (χ4v) is 5.29. The van der Waals surface area contributed by atoms with Crippen LogP contribution in [0.25, 0.3) is 0 Å². The van der Waals surface area contributed by atoms with Gasteiger partial charge in [0.1, 0.15) is 17.5 Å². The molecule has 5 nitrogen and oxygen atoms in total. The first-order valence-corrected chi connectivity index (χ1v) is 13.5. The fraction of sp³-hybridized carbons (Fsp3) is 0.455. The summed E-state index contributed by atoms with van der Waals surface area (Å²) in [4.78, 5) is 0. The Kier molecular flexibility index (Phi) is 8.94. The lowest BCUT2D eigenvalue weighted by atomic mass is 9.68. The van der Waals surface area contributed by atoms with E-state index in [0.717, 1.165) is 22.4 Å². The second kappa shape index (κ2) is 12.0. The summed E-state index contributed by atoms with van der Waals surface area (Å²) in [6, 6.07) is 29.0. The zero-order valence-corrected chi connectivity index (χ0v) is 23.6. The van der Waals surface area contributed by atoms with Gasteiger partial charge in [-0.25, -0.2) is 0 Å². The molecule has 204 valence electrons. The first-order valence-electron chi connectivity index (χ1n) is 13.5. The molecule has 0 bridgehead atoms. The normalized spacial score (nSPS) is 18.3. The van der Waals surface area contributed by atoms with Gasteiger partial charge < -0.3 is 23.7 Å². The molecule has 1 fully saturated rings. The molecule has 2 atom stereocenters. The molecule has 0 spiro atoms. The molecule has 1 heterocycles. The van der Waals surface area contributed by atoms with Crippen molar-refractivity contribution in [1.82, 2.24) is 0 Å². The molecule has 1 saturated heterocycles. The number of methoxy groups -OCH3 is 1. The van der Waals surface area contributed by atoms with Crippen LogP contribution in [-0.2, 0) is 31.2 Å². The minimum absolute atomic E-state index is 0.177. The Morgan fingerprint density at radius 1 is 0.868 bits per heavy atom. The summed E-state index contributed by atoms with van der Waals surface area (Å²) in [5.74, 6) is 0.199. The molecule has 38 heavy (non-hydrogen) atoms. The number of ether oxygens (including phenoxy) is 5. The van der Waals surface area contributed by atoms with E-state index in [1.807, 2.05) is 50.2 Å². The van der Waals surface area contributed by atoms with Gasteiger partial charge in [0, 0.05) is 0 Å². The molecule has 0 amide bonds. The summed E-state index contributed by atoms with van der Waals surface area (Å²) in [6.45, 7) is 12.1. The Labute approximate surface area is 228 Å². The van der Waals surface area contributed by atoms with Crippen molar-refractivity contribution in [1.29, 1.82) is 0 Å². The van der Waals surface area contributed by atoms with Crippen molar-refractivity contribution in [2.24, 2.45) is 5.41 Å². The first-order chi connectivity index (χ1) is 18.1. The van der Waals surface area contributed by atoms with Crippen molar-refractivity contribution in [3.8, 4) is 5.75 Å². The summed E-state index contributed by atoms with van der Waals surface area (Å²) in [6.07, 6.45) is 0.296. The Hall–Kier alpha value is -2.70. The molecule has 3 aromatic carbocycles. The SMILES string of the molecule is COc1ccc(CO[C@@H](CCOC(c2ccccc2)(c2ccccc2)C(C)(C)C)[C@@H]2COC(C)(C)O2)cc1. The summed E-state index contributed by atoms with van der Waals surface area (Å²) < 4.78 is 30.9. The molecule has 0 N–H and O–H groups in total. The zero-order chi connectivity index (χ0) is 27.2. The minimum Gasteiger partial charge on any atom is -0.497 e. The van der Waals surface area contributed by atoms with Crippen molar-refractivity contribution >= 4 is 0 Å². The van der Waals surface area contributed by atoms with Gasteiger partial charge in [0.05, 0.1) is 33.0 Å². The third-order valence-electron chi connectivity index (χ3n) is 7.21. The van der Waals surface area contributed by atoms with Crippen molar-refractivity contribution in [3.05, 3.63) is 102 Å². The number of hydrogen-bond acceptors (Lipinski definition) is 5. The smallest absolute Gasteiger partial charge is 0.163 e. The lowest BCUT2D eigenvalue weighted by Gasteiger charge is -2.46. The van der Waals surface area contributed by atoms with E-state index in [1.165, 1.54) is 0 Å². The molecule has 4 rings (SSSR count). The van der Waals surface area contributed by atoms with Crippen molar-refractivity contribution < 1.29 is 23.7 Å². The van der Waals surface area contributed by atoms with E-state index in [1.54, 1.807) is 7.11 Å². The van der Waals surface area contributed by atoms with Crippen LogP contribution in [0, 0.1) is 5.41 Å². The molecule has 0 aliphatic carbocycles. The van der Waals surface area contributed by atoms with Crippen LogP contribution in [0.4, 0.5) is 0 Å². The highest BCUT2D eigenvalue weighted by Gasteiger charge is 2.46. The molecule has 0 unspecified atom stereocenters. The average Bonchev–Trinajstić information content (AvgIpc) is 3.28. The summed E-state index contributed by atoms with van der Waals surface area (Å²) >= 11 is 0. The zero-order valence-electron chi connectivity index (χ0n) is 23.6. The van der Waals surface area contributed by atoms with Crippen LogP contribution >= 0.6 is 0 Å². The quantitative estimate of drug-likeness (QED) is 0.270. The topological polar surface area (TPSA) is 46.2 Å². The van der Waals surface area contributed by atoms with Crippen molar-refractivity contribution in [3.63, 3.8) is 0 Å². The standard InChI is InChI=1S/C33H42O5/c1-31(2,3)33(26-13-9-7-10-14-26,27-15-11-8-12-16-27)36-22-21-29(30-24-37-32(4,5)38-30)35-23-25-17-19-28(34-6)20-18-25/h7-20,29-30H,21-24H2,1-6H3/t29-,30-/m0/s1. The van der Waals surface area contributed by atoms with E-state index in [4.69, 9.17) is 23.7 Å². The minimum atomic E-state index is -0.637. The van der Waals surface area contributed by atoms with Gasteiger partial charge in [-0.15, -0.1) is 0 Å². The van der Waals surface area contributed by atoms with Crippen molar-refractivity contribution in [2.75, 3.05) is 20.3 Å². The highest BCUT2D eigenvalue weighted by atomic mass is 16.7. The highest BCUT2D eigenvalue weighted by molar-refractivity contribution is 5.39. The highest BCUT2D eigenvalue weighted by Crippen LogP contribution is 2.48. The van der Waals surface area contributed by atoms with E-state index >= 15 is 0 Å². The van der Waals surface area contributed by atoms with Gasteiger partial charge in [-0.05, 0) is 54.5 Å². The van der Waals surface area contributed by atoms with E-state index in [0.29, 0.717) is 26.2 Å². The maximum absolute atomic E-state index is 7.00. The maximum Gasteiger partial charge on any atom is 0.163 e. The lowest BCUT2D eigenvalue weighted by molar-refractivity contribution is -0.164. The molecule has 5 heteroatoms. The van der Waals surface area contributed by atoms with E-state index < -0.39 is 11.4 Å². The van der Waals surface area contributed by atoms with Gasteiger partial charge in [-0.1, -0.05) is 93.6 Å². The van der Waals surface area contributed by atoms with Crippen LogP contribution in [0.3, 0.4) is 0 Å². The van der Waals surface area contributed by atoms with Gasteiger partial charge in [0.2, 0.25) is 0 Å². The molecular weight excluding hydrogens is 476 g/mol. The van der Waals surface area contributed by atoms with E-state index in [2.05, 4.69) is 69.3 Å². The first kappa shape index (κ1) is 28.3. The van der Waals surface area contributed by atoms with Crippen LogP contribution in [0.2, 0.25) is 0 Å². The number of rotatable bonds is 11. The van der Waals surface area contributed by atoms with Crippen molar-refractivity contribution in [2.45, 2.75) is 71.2 Å².